The number of anilines is 1. The zero-order valence-corrected chi connectivity index (χ0v) is 16.7. The Morgan fingerprint density at radius 2 is 2.00 bits per heavy atom. The highest BCUT2D eigenvalue weighted by Gasteiger charge is 2.22. The van der Waals surface area contributed by atoms with Crippen LogP contribution in [0.15, 0.2) is 48.5 Å². The van der Waals surface area contributed by atoms with E-state index in [-0.39, 0.29) is 5.91 Å². The fourth-order valence-corrected chi connectivity index (χ4v) is 4.54. The van der Waals surface area contributed by atoms with E-state index in [1.807, 2.05) is 6.07 Å². The number of fused-ring (bicyclic) bond motifs is 1. The summed E-state index contributed by atoms with van der Waals surface area (Å²) in [5.74, 6) is -0.297. The molecule has 1 aliphatic heterocycles. The Labute approximate surface area is 171 Å². The van der Waals surface area contributed by atoms with Crippen molar-refractivity contribution in [1.29, 1.82) is 0 Å². The molecule has 2 aromatic carbocycles. The maximum Gasteiger partial charge on any atom is 0.259 e. The van der Waals surface area contributed by atoms with Gasteiger partial charge in [0.15, 0.2) is 5.13 Å². The van der Waals surface area contributed by atoms with Crippen LogP contribution in [-0.4, -0.2) is 22.3 Å². The monoisotopic (exact) mass is 417 g/mol. The van der Waals surface area contributed by atoms with Gasteiger partial charge in [0, 0.05) is 36.0 Å². The Balaban J connectivity index is 1.45. The summed E-state index contributed by atoms with van der Waals surface area (Å²) in [7, 11) is 0. The molecule has 3 aromatic rings. The second-order valence-electron chi connectivity index (χ2n) is 6.41. The van der Waals surface area contributed by atoms with Crippen LogP contribution in [0.1, 0.15) is 26.5 Å². The molecule has 0 atom stereocenters. The van der Waals surface area contributed by atoms with Crippen LogP contribution in [0.4, 0.5) is 5.13 Å². The molecule has 0 bridgehead atoms. The first-order valence-electron chi connectivity index (χ1n) is 8.60. The smallest absolute Gasteiger partial charge is 0.259 e. The van der Waals surface area contributed by atoms with E-state index in [0.29, 0.717) is 20.7 Å². The molecule has 1 amide bonds. The van der Waals surface area contributed by atoms with Gasteiger partial charge in [0.2, 0.25) is 0 Å². The number of nitrogens with one attached hydrogen (secondary N) is 1. The van der Waals surface area contributed by atoms with Gasteiger partial charge in [0.1, 0.15) is 0 Å². The van der Waals surface area contributed by atoms with Gasteiger partial charge in [-0.15, -0.1) is 11.3 Å². The number of hydrogen-bond donors (Lipinski definition) is 1. The second kappa shape index (κ2) is 7.98. The lowest BCUT2D eigenvalue weighted by atomic mass is 10.1. The third-order valence-corrected chi connectivity index (χ3v) is 6.02. The third-order valence-electron chi connectivity index (χ3n) is 4.45. The van der Waals surface area contributed by atoms with Gasteiger partial charge in [0.25, 0.3) is 5.91 Å². The molecule has 0 unspecified atom stereocenters. The Bertz CT molecular complexity index is 975. The number of carbonyl (C=O) groups excluding carboxylic acids is 1. The number of amides is 1. The molecule has 1 N–H and O–H groups in total. The molecule has 0 aliphatic carbocycles. The van der Waals surface area contributed by atoms with Crippen LogP contribution in [0.2, 0.25) is 10.0 Å². The van der Waals surface area contributed by atoms with Gasteiger partial charge in [-0.05, 0) is 23.8 Å². The first-order chi connectivity index (χ1) is 13.1. The number of rotatable bonds is 4. The van der Waals surface area contributed by atoms with Gasteiger partial charge in [0.05, 0.1) is 16.3 Å². The van der Waals surface area contributed by atoms with Crippen LogP contribution >= 0.6 is 34.5 Å². The predicted molar refractivity (Wildman–Crippen MR) is 111 cm³/mol. The van der Waals surface area contributed by atoms with Crippen LogP contribution < -0.4 is 5.32 Å². The van der Waals surface area contributed by atoms with Gasteiger partial charge >= 0.3 is 0 Å². The first-order valence-corrected chi connectivity index (χ1v) is 10.2. The number of aromatic nitrogens is 1. The molecule has 0 spiro atoms. The maximum atomic E-state index is 12.5. The van der Waals surface area contributed by atoms with E-state index in [4.69, 9.17) is 23.2 Å². The minimum atomic E-state index is -0.297. The number of thiazole rings is 1. The summed E-state index contributed by atoms with van der Waals surface area (Å²) < 4.78 is 0. The minimum absolute atomic E-state index is 0.297. The highest BCUT2D eigenvalue weighted by atomic mass is 35.5. The molecule has 7 heteroatoms. The molecule has 1 aromatic heterocycles. The lowest BCUT2D eigenvalue weighted by Crippen LogP contribution is -2.29. The standard InChI is InChI=1S/C20H17Cl2N3OS/c21-14-6-7-16(22)15(10-14)19(26)24-20-23-17-8-9-25(12-18(17)27-20)11-13-4-2-1-3-5-13/h1-7,10H,8-9,11-12H2,(H,23,24,26). The number of halogens is 2. The Morgan fingerprint density at radius 3 is 2.81 bits per heavy atom. The van der Waals surface area contributed by atoms with E-state index >= 15 is 0 Å². The van der Waals surface area contributed by atoms with Crippen molar-refractivity contribution >= 4 is 45.6 Å². The number of nitrogens with zero attached hydrogens (tertiary/aromatic N) is 2. The zero-order valence-electron chi connectivity index (χ0n) is 14.4. The average molecular weight is 418 g/mol. The molecule has 4 rings (SSSR count). The first kappa shape index (κ1) is 18.4. The van der Waals surface area contributed by atoms with E-state index in [2.05, 4.69) is 39.5 Å². The second-order valence-corrected chi connectivity index (χ2v) is 8.34. The Hall–Kier alpha value is -1.92. The van der Waals surface area contributed by atoms with Crippen molar-refractivity contribution in [3.63, 3.8) is 0 Å². The predicted octanol–water partition coefficient (Wildman–Crippen LogP) is 5.26. The van der Waals surface area contributed by atoms with E-state index < -0.39 is 0 Å². The Kier molecular flexibility index (Phi) is 5.45. The van der Waals surface area contributed by atoms with Crippen LogP contribution in [0.5, 0.6) is 0 Å². The molecule has 2 heterocycles. The molecule has 0 saturated carbocycles. The lowest BCUT2D eigenvalue weighted by Gasteiger charge is -2.25. The van der Waals surface area contributed by atoms with E-state index in [0.717, 1.165) is 31.7 Å². The number of carbonyl (C=O) groups is 1. The third kappa shape index (κ3) is 4.33. The van der Waals surface area contributed by atoms with Gasteiger partial charge in [-0.3, -0.25) is 15.0 Å². The maximum absolute atomic E-state index is 12.5. The largest absolute Gasteiger partial charge is 0.298 e. The number of hydrogen-bond acceptors (Lipinski definition) is 4. The summed E-state index contributed by atoms with van der Waals surface area (Å²) >= 11 is 13.6. The molecular formula is C20H17Cl2N3OS. The van der Waals surface area contributed by atoms with Crippen molar-refractivity contribution in [2.45, 2.75) is 19.5 Å². The van der Waals surface area contributed by atoms with E-state index in [9.17, 15) is 4.79 Å². The lowest BCUT2D eigenvalue weighted by molar-refractivity contribution is 0.102. The topological polar surface area (TPSA) is 45.2 Å². The van der Waals surface area contributed by atoms with Gasteiger partial charge in [-0.1, -0.05) is 53.5 Å². The molecule has 138 valence electrons. The summed E-state index contributed by atoms with van der Waals surface area (Å²) in [5.41, 5.74) is 2.72. The van der Waals surface area contributed by atoms with Crippen LogP contribution in [0.25, 0.3) is 0 Å². The van der Waals surface area contributed by atoms with E-state index in [1.54, 1.807) is 18.2 Å². The molecule has 0 radical (unpaired) electrons. The Morgan fingerprint density at radius 1 is 1.19 bits per heavy atom. The normalized spacial score (nSPS) is 14.0. The minimum Gasteiger partial charge on any atom is -0.298 e. The summed E-state index contributed by atoms with van der Waals surface area (Å²) in [6.07, 6.45) is 0.881. The average Bonchev–Trinajstić information content (AvgIpc) is 3.06. The zero-order chi connectivity index (χ0) is 18.8. The fraction of sp³-hybridized carbons (Fsp3) is 0.200. The van der Waals surface area contributed by atoms with Gasteiger partial charge in [-0.25, -0.2) is 4.98 Å². The van der Waals surface area contributed by atoms with Crippen LogP contribution in [0, 0.1) is 0 Å². The fourth-order valence-electron chi connectivity index (χ4n) is 3.11. The van der Waals surface area contributed by atoms with Crippen LogP contribution in [0.3, 0.4) is 0 Å². The van der Waals surface area contributed by atoms with Crippen molar-refractivity contribution in [1.82, 2.24) is 9.88 Å². The van der Waals surface area contributed by atoms with Crippen molar-refractivity contribution in [3.05, 3.63) is 80.3 Å². The van der Waals surface area contributed by atoms with Crippen molar-refractivity contribution in [3.8, 4) is 0 Å². The summed E-state index contributed by atoms with van der Waals surface area (Å²) in [5, 5.41) is 4.29. The molecule has 4 nitrogen and oxygen atoms in total. The molecule has 0 fully saturated rings. The van der Waals surface area contributed by atoms with Crippen molar-refractivity contribution < 1.29 is 4.79 Å². The summed E-state index contributed by atoms with van der Waals surface area (Å²) in [4.78, 5) is 20.7. The molecular weight excluding hydrogens is 401 g/mol. The van der Waals surface area contributed by atoms with Crippen molar-refractivity contribution in [2.75, 3.05) is 11.9 Å². The van der Waals surface area contributed by atoms with Gasteiger partial charge in [-0.2, -0.15) is 0 Å². The van der Waals surface area contributed by atoms with Gasteiger partial charge < -0.3 is 0 Å². The SMILES string of the molecule is O=C(Nc1nc2c(s1)CN(Cc1ccccc1)CC2)c1cc(Cl)ccc1Cl. The highest BCUT2D eigenvalue weighted by molar-refractivity contribution is 7.15. The molecule has 1 aliphatic rings. The summed E-state index contributed by atoms with van der Waals surface area (Å²) in [6.45, 7) is 2.72. The van der Waals surface area contributed by atoms with Crippen molar-refractivity contribution in [2.24, 2.45) is 0 Å². The van der Waals surface area contributed by atoms with E-state index in [1.165, 1.54) is 21.8 Å². The highest BCUT2D eigenvalue weighted by Crippen LogP contribution is 2.30. The quantitative estimate of drug-likeness (QED) is 0.629. The summed E-state index contributed by atoms with van der Waals surface area (Å²) in [6, 6.07) is 15.3. The molecule has 0 saturated heterocycles. The molecule has 27 heavy (non-hydrogen) atoms. The van der Waals surface area contributed by atoms with Crippen LogP contribution in [-0.2, 0) is 19.5 Å². The number of benzene rings is 2.